The molecule has 1 fully saturated rings. The van der Waals surface area contributed by atoms with E-state index in [9.17, 15) is 5.26 Å². The van der Waals surface area contributed by atoms with Gasteiger partial charge in [0.15, 0.2) is 0 Å². The van der Waals surface area contributed by atoms with Crippen molar-refractivity contribution in [2.24, 2.45) is 5.92 Å². The van der Waals surface area contributed by atoms with Gasteiger partial charge in [-0.25, -0.2) is 9.97 Å². The Labute approximate surface area is 132 Å². The van der Waals surface area contributed by atoms with Gasteiger partial charge in [0.05, 0.1) is 16.7 Å². The van der Waals surface area contributed by atoms with Crippen molar-refractivity contribution in [3.8, 4) is 17.7 Å². The molecule has 0 bridgehead atoms. The third-order valence-electron chi connectivity index (χ3n) is 3.68. The van der Waals surface area contributed by atoms with Crippen LogP contribution in [0.2, 0.25) is 0 Å². The number of aromatic nitrogens is 4. The molecule has 6 nitrogen and oxygen atoms in total. The van der Waals surface area contributed by atoms with Gasteiger partial charge < -0.3 is 9.72 Å². The Morgan fingerprint density at radius 3 is 3.04 bits per heavy atom. The number of nitrogens with zero attached hydrogens (tertiary/aromatic N) is 4. The van der Waals surface area contributed by atoms with Crippen molar-refractivity contribution in [1.82, 2.24) is 19.9 Å². The van der Waals surface area contributed by atoms with Gasteiger partial charge in [0.1, 0.15) is 23.8 Å². The summed E-state index contributed by atoms with van der Waals surface area (Å²) < 4.78 is 5.86. The van der Waals surface area contributed by atoms with E-state index in [4.69, 9.17) is 4.74 Å². The average Bonchev–Trinajstić information content (AvgIpc) is 3.27. The number of nitrogens with one attached hydrogen (secondary N) is 1. The Balaban J connectivity index is 1.66. The lowest BCUT2D eigenvalue weighted by Gasteiger charge is -2.06. The minimum Gasteiger partial charge on any atom is -0.438 e. The fourth-order valence-electron chi connectivity index (χ4n) is 2.34. The Morgan fingerprint density at radius 2 is 2.22 bits per heavy atom. The van der Waals surface area contributed by atoms with Crippen molar-refractivity contribution in [3.63, 3.8) is 0 Å². The van der Waals surface area contributed by atoms with Crippen molar-refractivity contribution in [1.29, 1.82) is 5.26 Å². The van der Waals surface area contributed by atoms with Gasteiger partial charge in [-0.05, 0) is 30.9 Å². The minimum atomic E-state index is 0.470. The summed E-state index contributed by atoms with van der Waals surface area (Å²) in [5.74, 6) is 1.57. The molecule has 1 aliphatic carbocycles. The zero-order valence-electron chi connectivity index (χ0n) is 12.2. The van der Waals surface area contributed by atoms with Gasteiger partial charge in [-0.1, -0.05) is 6.08 Å². The summed E-state index contributed by atoms with van der Waals surface area (Å²) in [5.41, 5.74) is 1.93. The standard InChI is InChI=1S/C17H13N5O/c18-9-12(7-11-1-2-11)15-8-13(3-5-19-15)23-17-14-4-6-20-16(14)21-10-22-17/h3-8,10-11H,1-2H2,(H,20,21,22). The molecule has 0 saturated heterocycles. The predicted octanol–water partition coefficient (Wildman–Crippen LogP) is 3.46. The smallest absolute Gasteiger partial charge is 0.231 e. The second-order valence-electron chi connectivity index (χ2n) is 5.43. The van der Waals surface area contributed by atoms with Crippen molar-refractivity contribution in [3.05, 3.63) is 48.7 Å². The summed E-state index contributed by atoms with van der Waals surface area (Å²) in [6.07, 6.45) is 9.15. The van der Waals surface area contributed by atoms with E-state index >= 15 is 0 Å². The maximum absolute atomic E-state index is 9.33. The van der Waals surface area contributed by atoms with E-state index in [1.807, 2.05) is 12.1 Å². The zero-order valence-corrected chi connectivity index (χ0v) is 12.2. The fourth-order valence-corrected chi connectivity index (χ4v) is 2.34. The van der Waals surface area contributed by atoms with Gasteiger partial charge in [-0.15, -0.1) is 0 Å². The van der Waals surface area contributed by atoms with E-state index in [-0.39, 0.29) is 0 Å². The number of hydrogen-bond donors (Lipinski definition) is 1. The van der Waals surface area contributed by atoms with E-state index in [2.05, 4.69) is 26.0 Å². The minimum absolute atomic E-state index is 0.470. The first-order valence-electron chi connectivity index (χ1n) is 7.38. The SMILES string of the molecule is N#CC(=CC1CC1)c1cc(Oc2ncnc3[nH]ccc23)ccn1. The highest BCUT2D eigenvalue weighted by molar-refractivity contribution is 5.81. The molecule has 0 aromatic carbocycles. The van der Waals surface area contributed by atoms with Crippen LogP contribution in [0.3, 0.4) is 0 Å². The molecule has 3 aromatic rings. The number of hydrogen-bond acceptors (Lipinski definition) is 5. The summed E-state index contributed by atoms with van der Waals surface area (Å²) in [4.78, 5) is 15.6. The van der Waals surface area contributed by atoms with Gasteiger partial charge in [0.25, 0.3) is 0 Å². The molecule has 1 saturated carbocycles. The maximum atomic E-state index is 9.33. The Hall–Kier alpha value is -3.20. The summed E-state index contributed by atoms with van der Waals surface area (Å²) in [6.45, 7) is 0. The lowest BCUT2D eigenvalue weighted by atomic mass is 10.1. The largest absolute Gasteiger partial charge is 0.438 e. The Morgan fingerprint density at radius 1 is 1.30 bits per heavy atom. The highest BCUT2D eigenvalue weighted by Crippen LogP contribution is 2.33. The molecule has 1 N–H and O–H groups in total. The topological polar surface area (TPSA) is 87.5 Å². The number of pyridine rings is 1. The summed E-state index contributed by atoms with van der Waals surface area (Å²) in [6, 6.07) is 7.59. The van der Waals surface area contributed by atoms with Gasteiger partial charge >= 0.3 is 0 Å². The molecule has 1 aliphatic rings. The van der Waals surface area contributed by atoms with Crippen LogP contribution in [0.15, 0.2) is 43.0 Å². The van der Waals surface area contributed by atoms with Gasteiger partial charge in [-0.2, -0.15) is 5.26 Å². The lowest BCUT2D eigenvalue weighted by Crippen LogP contribution is -1.93. The van der Waals surface area contributed by atoms with E-state index in [0.29, 0.717) is 28.8 Å². The second kappa shape index (κ2) is 5.54. The van der Waals surface area contributed by atoms with Crippen LogP contribution in [0.5, 0.6) is 11.6 Å². The molecule has 6 heteroatoms. The van der Waals surface area contributed by atoms with Crippen LogP contribution in [0.4, 0.5) is 0 Å². The molecule has 3 heterocycles. The molecule has 0 atom stereocenters. The Bertz CT molecular complexity index is 933. The molecule has 0 spiro atoms. The monoisotopic (exact) mass is 303 g/mol. The third-order valence-corrected chi connectivity index (χ3v) is 3.68. The highest BCUT2D eigenvalue weighted by atomic mass is 16.5. The van der Waals surface area contributed by atoms with Crippen LogP contribution in [0, 0.1) is 17.2 Å². The normalized spacial score (nSPS) is 14.7. The van der Waals surface area contributed by atoms with Gasteiger partial charge in [0, 0.05) is 18.5 Å². The molecule has 112 valence electrons. The lowest BCUT2D eigenvalue weighted by molar-refractivity contribution is 0.467. The van der Waals surface area contributed by atoms with Crippen LogP contribution in [-0.4, -0.2) is 19.9 Å². The number of aromatic amines is 1. The number of H-pyrrole nitrogens is 1. The molecule has 23 heavy (non-hydrogen) atoms. The van der Waals surface area contributed by atoms with E-state index < -0.39 is 0 Å². The summed E-state index contributed by atoms with van der Waals surface area (Å²) in [7, 11) is 0. The molecule has 0 unspecified atom stereocenters. The quantitative estimate of drug-likeness (QED) is 0.746. The number of rotatable bonds is 4. The Kier molecular flexibility index (Phi) is 3.24. The van der Waals surface area contributed by atoms with Crippen molar-refractivity contribution in [2.45, 2.75) is 12.8 Å². The van der Waals surface area contributed by atoms with Crippen LogP contribution < -0.4 is 4.74 Å². The van der Waals surface area contributed by atoms with E-state index in [1.165, 1.54) is 6.33 Å². The first kappa shape index (κ1) is 13.5. The molecule has 0 amide bonds. The van der Waals surface area contributed by atoms with Crippen molar-refractivity contribution in [2.75, 3.05) is 0 Å². The van der Waals surface area contributed by atoms with Crippen LogP contribution in [0.1, 0.15) is 18.5 Å². The zero-order chi connectivity index (χ0) is 15.6. The summed E-state index contributed by atoms with van der Waals surface area (Å²) in [5, 5.41) is 10.1. The molecule has 4 rings (SSSR count). The first-order chi connectivity index (χ1) is 11.3. The molecular formula is C17H13N5O. The molecular weight excluding hydrogens is 290 g/mol. The number of fused-ring (bicyclic) bond motifs is 1. The molecule has 0 aliphatic heterocycles. The predicted molar refractivity (Wildman–Crippen MR) is 84.5 cm³/mol. The molecule has 0 radical (unpaired) electrons. The second-order valence-corrected chi connectivity index (χ2v) is 5.43. The number of ether oxygens (including phenoxy) is 1. The fraction of sp³-hybridized carbons (Fsp3) is 0.176. The van der Waals surface area contributed by atoms with Gasteiger partial charge in [0.2, 0.25) is 5.88 Å². The first-order valence-corrected chi connectivity index (χ1v) is 7.38. The maximum Gasteiger partial charge on any atom is 0.231 e. The van der Waals surface area contributed by atoms with Crippen LogP contribution in [0.25, 0.3) is 16.6 Å². The summed E-state index contributed by atoms with van der Waals surface area (Å²) >= 11 is 0. The van der Waals surface area contributed by atoms with Crippen LogP contribution >= 0.6 is 0 Å². The molecule has 3 aromatic heterocycles. The van der Waals surface area contributed by atoms with Crippen molar-refractivity contribution >= 4 is 16.6 Å². The van der Waals surface area contributed by atoms with Crippen LogP contribution in [-0.2, 0) is 0 Å². The number of allylic oxidation sites excluding steroid dienone is 2. The third kappa shape index (κ3) is 2.77. The van der Waals surface area contributed by atoms with E-state index in [0.717, 1.165) is 23.9 Å². The average molecular weight is 303 g/mol. The van der Waals surface area contributed by atoms with E-state index in [1.54, 1.807) is 24.5 Å². The number of nitriles is 1. The van der Waals surface area contributed by atoms with Gasteiger partial charge in [-0.3, -0.25) is 4.98 Å². The highest BCUT2D eigenvalue weighted by Gasteiger charge is 2.20. The van der Waals surface area contributed by atoms with Crippen molar-refractivity contribution < 1.29 is 4.74 Å².